The Bertz CT molecular complexity index is 333. The molecule has 1 heterocycles. The van der Waals surface area contributed by atoms with Gasteiger partial charge < -0.3 is 19.5 Å². The van der Waals surface area contributed by atoms with E-state index >= 15 is 0 Å². The lowest BCUT2D eigenvalue weighted by atomic mass is 10.0. The summed E-state index contributed by atoms with van der Waals surface area (Å²) in [6, 6.07) is 0. The number of ether oxygens (including phenoxy) is 1. The highest BCUT2D eigenvalue weighted by Gasteiger charge is 2.21. The summed E-state index contributed by atoms with van der Waals surface area (Å²) in [6.45, 7) is 6.78. The van der Waals surface area contributed by atoms with Crippen LogP contribution in [-0.4, -0.2) is 54.3 Å². The van der Waals surface area contributed by atoms with Gasteiger partial charge in [0.15, 0.2) is 0 Å². The van der Waals surface area contributed by atoms with Gasteiger partial charge in [-0.2, -0.15) is 0 Å². The summed E-state index contributed by atoms with van der Waals surface area (Å²) < 4.78 is 7.15. The first-order chi connectivity index (χ1) is 7.97. The number of nitrogens with one attached hydrogen (secondary N) is 1. The Morgan fingerprint density at radius 3 is 2.76 bits per heavy atom. The van der Waals surface area contributed by atoms with Crippen molar-refractivity contribution < 1.29 is 4.74 Å². The molecule has 0 spiro atoms. The third kappa shape index (κ3) is 4.02. The fourth-order valence-corrected chi connectivity index (χ4v) is 1.43. The lowest BCUT2D eigenvalue weighted by Gasteiger charge is -2.33. The van der Waals surface area contributed by atoms with Crippen LogP contribution in [0.3, 0.4) is 0 Å². The lowest BCUT2D eigenvalue weighted by Crippen LogP contribution is -2.42. The number of nitrogens with zero attached hydrogens (tertiary/aromatic N) is 3. The molecule has 1 aromatic heterocycles. The number of hydrogen-bond donors (Lipinski definition) is 1. The molecule has 98 valence electrons. The molecule has 1 N–H and O–H groups in total. The van der Waals surface area contributed by atoms with Crippen molar-refractivity contribution in [2.24, 2.45) is 0 Å². The van der Waals surface area contributed by atoms with Crippen molar-refractivity contribution in [3.05, 3.63) is 12.4 Å². The molecular formula is C12H24N4O. The summed E-state index contributed by atoms with van der Waals surface area (Å²) in [5.41, 5.74) is 0.0956. The third-order valence-corrected chi connectivity index (χ3v) is 3.07. The number of likely N-dealkylation sites (N-methyl/N-ethyl adjacent to an activating group) is 1. The highest BCUT2D eigenvalue weighted by atomic mass is 16.5. The van der Waals surface area contributed by atoms with E-state index in [2.05, 4.69) is 47.7 Å². The molecule has 0 unspecified atom stereocenters. The van der Waals surface area contributed by atoms with Gasteiger partial charge >= 0.3 is 0 Å². The van der Waals surface area contributed by atoms with Gasteiger partial charge in [0.1, 0.15) is 0 Å². The smallest absolute Gasteiger partial charge is 0.202 e. The lowest BCUT2D eigenvalue weighted by molar-refractivity contribution is 0.170. The maximum absolute atomic E-state index is 5.01. The predicted octanol–water partition coefficient (Wildman–Crippen LogP) is 1.28. The average molecular weight is 240 g/mol. The van der Waals surface area contributed by atoms with E-state index in [1.165, 1.54) is 0 Å². The molecule has 0 saturated carbocycles. The van der Waals surface area contributed by atoms with E-state index in [9.17, 15) is 0 Å². The standard InChI is InChI=1S/C12H24N4O/c1-12(2,15(3)4)10-16-8-6-13-11(16)14-7-9-17-5/h6,8H,7,9-10H2,1-5H3,(H,13,14). The van der Waals surface area contributed by atoms with Gasteiger partial charge in [-0.15, -0.1) is 0 Å². The Hall–Kier alpha value is -1.07. The normalized spacial score (nSPS) is 12.1. The van der Waals surface area contributed by atoms with Crippen molar-refractivity contribution in [3.8, 4) is 0 Å². The summed E-state index contributed by atoms with van der Waals surface area (Å²) >= 11 is 0. The molecule has 0 amide bonds. The first-order valence-corrected chi connectivity index (χ1v) is 5.89. The highest BCUT2D eigenvalue weighted by Crippen LogP contribution is 2.16. The van der Waals surface area contributed by atoms with Gasteiger partial charge in [0.25, 0.3) is 0 Å². The number of rotatable bonds is 7. The summed E-state index contributed by atoms with van der Waals surface area (Å²) in [4.78, 5) is 6.52. The number of methoxy groups -OCH3 is 1. The fraction of sp³-hybridized carbons (Fsp3) is 0.750. The van der Waals surface area contributed by atoms with Crippen LogP contribution in [0.4, 0.5) is 5.95 Å². The zero-order valence-electron chi connectivity index (χ0n) is 11.5. The number of hydrogen-bond acceptors (Lipinski definition) is 4. The Morgan fingerprint density at radius 2 is 2.18 bits per heavy atom. The maximum Gasteiger partial charge on any atom is 0.202 e. The SMILES string of the molecule is COCCNc1nccn1CC(C)(C)N(C)C. The minimum Gasteiger partial charge on any atom is -0.383 e. The molecule has 0 fully saturated rings. The Kier molecular flexibility index (Phi) is 4.96. The Morgan fingerprint density at radius 1 is 1.47 bits per heavy atom. The van der Waals surface area contributed by atoms with Crippen LogP contribution in [0.2, 0.25) is 0 Å². The van der Waals surface area contributed by atoms with Gasteiger partial charge in [0.05, 0.1) is 6.61 Å². The molecule has 1 aromatic rings. The molecule has 0 aliphatic rings. The van der Waals surface area contributed by atoms with Crippen molar-refractivity contribution in [2.75, 3.05) is 39.7 Å². The van der Waals surface area contributed by atoms with Gasteiger partial charge in [-0.1, -0.05) is 0 Å². The second-order valence-corrected chi connectivity index (χ2v) is 5.01. The largest absolute Gasteiger partial charge is 0.383 e. The van der Waals surface area contributed by atoms with Crippen LogP contribution in [0.25, 0.3) is 0 Å². The van der Waals surface area contributed by atoms with E-state index in [1.54, 1.807) is 7.11 Å². The predicted molar refractivity (Wildman–Crippen MR) is 70.4 cm³/mol. The zero-order chi connectivity index (χ0) is 12.9. The van der Waals surface area contributed by atoms with Crippen molar-refractivity contribution in [3.63, 3.8) is 0 Å². The second kappa shape index (κ2) is 6.02. The molecule has 0 aliphatic heterocycles. The first kappa shape index (κ1) is 14.0. The molecule has 0 aromatic carbocycles. The van der Waals surface area contributed by atoms with E-state index in [-0.39, 0.29) is 5.54 Å². The van der Waals surface area contributed by atoms with Crippen LogP contribution in [0, 0.1) is 0 Å². The Balaban J connectivity index is 2.62. The topological polar surface area (TPSA) is 42.3 Å². The zero-order valence-corrected chi connectivity index (χ0v) is 11.5. The van der Waals surface area contributed by atoms with Crippen molar-refractivity contribution in [2.45, 2.75) is 25.9 Å². The molecule has 0 atom stereocenters. The maximum atomic E-state index is 5.01. The molecule has 0 aliphatic carbocycles. The first-order valence-electron chi connectivity index (χ1n) is 5.89. The van der Waals surface area contributed by atoms with Crippen LogP contribution in [-0.2, 0) is 11.3 Å². The van der Waals surface area contributed by atoms with E-state index in [4.69, 9.17) is 4.74 Å². The van der Waals surface area contributed by atoms with Gasteiger partial charge in [-0.25, -0.2) is 4.98 Å². The Labute approximate surface area is 104 Å². The molecule has 17 heavy (non-hydrogen) atoms. The summed E-state index contributed by atoms with van der Waals surface area (Å²) in [5.74, 6) is 0.900. The van der Waals surface area contributed by atoms with Gasteiger partial charge in [0.2, 0.25) is 5.95 Å². The van der Waals surface area contributed by atoms with E-state index in [0.717, 1.165) is 19.0 Å². The van der Waals surface area contributed by atoms with E-state index in [1.807, 2.05) is 12.4 Å². The van der Waals surface area contributed by atoms with E-state index in [0.29, 0.717) is 6.61 Å². The second-order valence-electron chi connectivity index (χ2n) is 5.01. The van der Waals surface area contributed by atoms with Crippen molar-refractivity contribution in [1.82, 2.24) is 14.5 Å². The average Bonchev–Trinajstić information content (AvgIpc) is 2.65. The van der Waals surface area contributed by atoms with Crippen molar-refractivity contribution >= 4 is 5.95 Å². The van der Waals surface area contributed by atoms with Gasteiger partial charge in [-0.3, -0.25) is 0 Å². The van der Waals surface area contributed by atoms with Crippen LogP contribution in [0.5, 0.6) is 0 Å². The summed E-state index contributed by atoms with van der Waals surface area (Å²) in [5, 5.41) is 3.26. The van der Waals surface area contributed by atoms with Gasteiger partial charge in [-0.05, 0) is 27.9 Å². The minimum absolute atomic E-state index is 0.0956. The van der Waals surface area contributed by atoms with Crippen LogP contribution in [0.15, 0.2) is 12.4 Å². The molecule has 5 heteroatoms. The van der Waals surface area contributed by atoms with Gasteiger partial charge in [0, 0.05) is 38.1 Å². The monoisotopic (exact) mass is 240 g/mol. The molecule has 0 radical (unpaired) electrons. The summed E-state index contributed by atoms with van der Waals surface area (Å²) in [6.07, 6.45) is 3.82. The van der Waals surface area contributed by atoms with Crippen molar-refractivity contribution in [1.29, 1.82) is 0 Å². The highest BCUT2D eigenvalue weighted by molar-refractivity contribution is 5.25. The fourth-order valence-electron chi connectivity index (χ4n) is 1.43. The molecule has 0 saturated heterocycles. The summed E-state index contributed by atoms with van der Waals surface area (Å²) in [7, 11) is 5.88. The van der Waals surface area contributed by atoms with Crippen LogP contribution < -0.4 is 5.32 Å². The molecule has 0 bridgehead atoms. The van der Waals surface area contributed by atoms with Crippen LogP contribution >= 0.6 is 0 Å². The number of anilines is 1. The molecule has 1 rings (SSSR count). The quantitative estimate of drug-likeness (QED) is 0.729. The molecular weight excluding hydrogens is 216 g/mol. The molecule has 5 nitrogen and oxygen atoms in total. The van der Waals surface area contributed by atoms with Crippen LogP contribution in [0.1, 0.15) is 13.8 Å². The van der Waals surface area contributed by atoms with E-state index < -0.39 is 0 Å². The number of aromatic nitrogens is 2. The minimum atomic E-state index is 0.0956. The third-order valence-electron chi connectivity index (χ3n) is 3.07. The number of imidazole rings is 1.